The Morgan fingerprint density at radius 2 is 2.36 bits per heavy atom. The molecule has 1 aromatic rings. The van der Waals surface area contributed by atoms with Gasteiger partial charge in [-0.1, -0.05) is 6.92 Å². The van der Waals surface area contributed by atoms with Crippen molar-refractivity contribution in [3.63, 3.8) is 0 Å². The van der Waals surface area contributed by atoms with Crippen molar-refractivity contribution in [2.24, 2.45) is 5.92 Å². The van der Waals surface area contributed by atoms with Crippen molar-refractivity contribution < 1.29 is 5.11 Å². The van der Waals surface area contributed by atoms with Gasteiger partial charge < -0.3 is 9.67 Å². The Morgan fingerprint density at radius 3 is 2.93 bits per heavy atom. The normalized spacial score (nSPS) is 20.8. The number of hydrogen-bond acceptors (Lipinski definition) is 2. The van der Waals surface area contributed by atoms with Crippen molar-refractivity contribution in [1.82, 2.24) is 9.55 Å². The summed E-state index contributed by atoms with van der Waals surface area (Å²) in [5.41, 5.74) is -0.724. The quantitative estimate of drug-likeness (QED) is 0.795. The van der Waals surface area contributed by atoms with Crippen LogP contribution in [0.5, 0.6) is 0 Å². The summed E-state index contributed by atoms with van der Waals surface area (Å²) in [6.07, 6.45) is 7.07. The monoisotopic (exact) mass is 194 g/mol. The van der Waals surface area contributed by atoms with E-state index >= 15 is 0 Å². The van der Waals surface area contributed by atoms with Gasteiger partial charge in [0.05, 0.1) is 0 Å². The first kappa shape index (κ1) is 9.71. The van der Waals surface area contributed by atoms with Crippen molar-refractivity contribution >= 4 is 0 Å². The zero-order valence-corrected chi connectivity index (χ0v) is 8.90. The van der Waals surface area contributed by atoms with Crippen LogP contribution in [0.3, 0.4) is 0 Å². The van der Waals surface area contributed by atoms with Crippen LogP contribution in [0.1, 0.15) is 38.9 Å². The molecule has 2 rings (SSSR count). The second kappa shape index (κ2) is 3.39. The molecule has 0 radical (unpaired) electrons. The number of rotatable bonds is 4. The molecule has 0 bridgehead atoms. The lowest BCUT2D eigenvalue weighted by Crippen LogP contribution is -2.28. The molecule has 1 aromatic heterocycles. The Kier molecular flexibility index (Phi) is 2.35. The number of aryl methyl sites for hydroxylation is 1. The van der Waals surface area contributed by atoms with Crippen LogP contribution in [-0.4, -0.2) is 14.7 Å². The van der Waals surface area contributed by atoms with Gasteiger partial charge >= 0.3 is 0 Å². The van der Waals surface area contributed by atoms with Gasteiger partial charge in [-0.05, 0) is 32.1 Å². The minimum atomic E-state index is -0.724. The molecule has 1 unspecified atom stereocenters. The number of imidazole rings is 1. The molecule has 1 saturated carbocycles. The Labute approximate surface area is 84.8 Å². The van der Waals surface area contributed by atoms with Gasteiger partial charge in [0.2, 0.25) is 0 Å². The van der Waals surface area contributed by atoms with E-state index < -0.39 is 5.60 Å². The summed E-state index contributed by atoms with van der Waals surface area (Å²) < 4.78 is 2.07. The van der Waals surface area contributed by atoms with Crippen LogP contribution in [0.2, 0.25) is 0 Å². The third kappa shape index (κ3) is 1.57. The molecular weight excluding hydrogens is 176 g/mol. The maximum absolute atomic E-state index is 10.3. The number of hydrogen-bond donors (Lipinski definition) is 1. The lowest BCUT2D eigenvalue weighted by Gasteiger charge is -2.23. The molecule has 1 aliphatic rings. The number of aromatic nitrogens is 2. The van der Waals surface area contributed by atoms with Gasteiger partial charge in [0.15, 0.2) is 0 Å². The first-order valence-electron chi connectivity index (χ1n) is 5.40. The predicted octanol–water partition coefficient (Wildman–Crippen LogP) is 1.91. The average molecular weight is 194 g/mol. The Balaban J connectivity index is 2.25. The minimum Gasteiger partial charge on any atom is -0.382 e. The predicted molar refractivity (Wildman–Crippen MR) is 54.8 cm³/mol. The second-order valence-corrected chi connectivity index (χ2v) is 4.37. The molecule has 1 aliphatic carbocycles. The van der Waals surface area contributed by atoms with E-state index in [1.54, 1.807) is 6.20 Å². The summed E-state index contributed by atoms with van der Waals surface area (Å²) in [6, 6.07) is 0. The zero-order chi connectivity index (χ0) is 10.2. The summed E-state index contributed by atoms with van der Waals surface area (Å²) in [6.45, 7) is 4.97. The van der Waals surface area contributed by atoms with Crippen molar-refractivity contribution in [3.8, 4) is 0 Å². The first-order valence-corrected chi connectivity index (χ1v) is 5.40. The van der Waals surface area contributed by atoms with Gasteiger partial charge in [-0.3, -0.25) is 0 Å². The van der Waals surface area contributed by atoms with E-state index in [0.29, 0.717) is 5.92 Å². The zero-order valence-electron chi connectivity index (χ0n) is 8.90. The molecule has 0 amide bonds. The highest BCUT2D eigenvalue weighted by Crippen LogP contribution is 2.44. The topological polar surface area (TPSA) is 38.0 Å². The average Bonchev–Trinajstić information content (AvgIpc) is 2.88. The van der Waals surface area contributed by atoms with Gasteiger partial charge in [0.1, 0.15) is 11.4 Å². The molecule has 14 heavy (non-hydrogen) atoms. The summed E-state index contributed by atoms with van der Waals surface area (Å²) in [4.78, 5) is 4.28. The highest BCUT2D eigenvalue weighted by molar-refractivity contribution is 5.09. The van der Waals surface area contributed by atoms with Crippen LogP contribution in [0.15, 0.2) is 12.4 Å². The van der Waals surface area contributed by atoms with Gasteiger partial charge in [-0.25, -0.2) is 4.98 Å². The van der Waals surface area contributed by atoms with E-state index in [9.17, 15) is 5.11 Å². The maximum atomic E-state index is 10.3. The lowest BCUT2D eigenvalue weighted by atomic mass is 9.99. The molecule has 3 nitrogen and oxygen atoms in total. The third-order valence-electron chi connectivity index (χ3n) is 3.00. The van der Waals surface area contributed by atoms with E-state index in [-0.39, 0.29) is 0 Å². The fourth-order valence-corrected chi connectivity index (χ4v) is 2.00. The molecule has 3 heteroatoms. The Morgan fingerprint density at radius 1 is 1.64 bits per heavy atom. The molecular formula is C11H18N2O. The van der Waals surface area contributed by atoms with Crippen molar-refractivity contribution in [2.75, 3.05) is 0 Å². The van der Waals surface area contributed by atoms with Crippen LogP contribution in [-0.2, 0) is 12.1 Å². The van der Waals surface area contributed by atoms with E-state index in [1.165, 1.54) is 0 Å². The Hall–Kier alpha value is -0.830. The second-order valence-electron chi connectivity index (χ2n) is 4.37. The van der Waals surface area contributed by atoms with Gasteiger partial charge in [-0.15, -0.1) is 0 Å². The molecule has 1 fully saturated rings. The van der Waals surface area contributed by atoms with Crippen LogP contribution in [0.25, 0.3) is 0 Å². The standard InChI is InChI=1S/C11H18N2O/c1-3-7-13-8-6-12-10(13)11(2,14)9-4-5-9/h6,8-9,14H,3-5,7H2,1-2H3. The lowest BCUT2D eigenvalue weighted by molar-refractivity contribution is 0.0203. The third-order valence-corrected chi connectivity index (χ3v) is 3.00. The summed E-state index contributed by atoms with van der Waals surface area (Å²) in [7, 11) is 0. The number of aliphatic hydroxyl groups is 1. The van der Waals surface area contributed by atoms with Crippen molar-refractivity contribution in [1.29, 1.82) is 0 Å². The molecule has 1 atom stereocenters. The van der Waals surface area contributed by atoms with Crippen LogP contribution < -0.4 is 0 Å². The maximum Gasteiger partial charge on any atom is 0.140 e. The van der Waals surface area contributed by atoms with Gasteiger partial charge in [0.25, 0.3) is 0 Å². The Bertz CT molecular complexity index is 313. The molecule has 78 valence electrons. The van der Waals surface area contributed by atoms with Gasteiger partial charge in [0, 0.05) is 18.9 Å². The summed E-state index contributed by atoms with van der Waals surface area (Å²) in [5.74, 6) is 1.25. The molecule has 0 saturated heterocycles. The van der Waals surface area contributed by atoms with Crippen LogP contribution in [0, 0.1) is 5.92 Å². The molecule has 1 heterocycles. The van der Waals surface area contributed by atoms with Gasteiger partial charge in [-0.2, -0.15) is 0 Å². The largest absolute Gasteiger partial charge is 0.382 e. The van der Waals surface area contributed by atoms with Crippen LogP contribution >= 0.6 is 0 Å². The minimum absolute atomic E-state index is 0.417. The number of nitrogens with zero attached hydrogens (tertiary/aromatic N) is 2. The molecule has 0 aliphatic heterocycles. The smallest absolute Gasteiger partial charge is 0.140 e. The summed E-state index contributed by atoms with van der Waals surface area (Å²) in [5, 5.41) is 10.3. The first-order chi connectivity index (χ1) is 6.66. The van der Waals surface area contributed by atoms with E-state index in [4.69, 9.17) is 0 Å². The van der Waals surface area contributed by atoms with E-state index in [1.807, 2.05) is 13.1 Å². The molecule has 0 aromatic carbocycles. The highest BCUT2D eigenvalue weighted by Gasteiger charge is 2.43. The highest BCUT2D eigenvalue weighted by atomic mass is 16.3. The summed E-state index contributed by atoms with van der Waals surface area (Å²) >= 11 is 0. The molecule has 1 N–H and O–H groups in total. The molecule has 0 spiro atoms. The SMILES string of the molecule is CCCn1ccnc1C(C)(O)C1CC1. The van der Waals surface area contributed by atoms with Crippen LogP contribution in [0.4, 0.5) is 0 Å². The van der Waals surface area contributed by atoms with Crippen molar-refractivity contribution in [3.05, 3.63) is 18.2 Å². The van der Waals surface area contributed by atoms with Crippen molar-refractivity contribution in [2.45, 2.75) is 45.3 Å². The fraction of sp³-hybridized carbons (Fsp3) is 0.727. The van der Waals surface area contributed by atoms with E-state index in [2.05, 4.69) is 16.5 Å². The van der Waals surface area contributed by atoms with E-state index in [0.717, 1.165) is 31.6 Å². The fourth-order valence-electron chi connectivity index (χ4n) is 2.00.